The van der Waals surface area contributed by atoms with E-state index in [2.05, 4.69) is 44.2 Å². The Balaban J connectivity index is 0.00000129. The number of rotatable bonds is 18. The number of H-pyrrole nitrogens is 1. The lowest BCUT2D eigenvalue weighted by molar-refractivity contribution is -0.129. The quantitative estimate of drug-likeness (QED) is 0.0371. The largest absolute Gasteiger partial charge is 0.478 e. The minimum absolute atomic E-state index is 0.164. The number of benzene rings is 3. The van der Waals surface area contributed by atoms with Gasteiger partial charge in [0.05, 0.1) is 19.1 Å². The van der Waals surface area contributed by atoms with Crippen molar-refractivity contribution in [3.63, 3.8) is 0 Å². The van der Waals surface area contributed by atoms with Gasteiger partial charge in [-0.3, -0.25) is 14.9 Å². The summed E-state index contributed by atoms with van der Waals surface area (Å²) in [6.07, 6.45) is 9.96. The van der Waals surface area contributed by atoms with Crippen LogP contribution in [-0.2, 0) is 20.7 Å². The molecule has 0 saturated carbocycles. The number of carbonyl (C=O) groups is 2. The van der Waals surface area contributed by atoms with Crippen LogP contribution in [0.1, 0.15) is 12.5 Å². The van der Waals surface area contributed by atoms with Gasteiger partial charge in [0.25, 0.3) is 0 Å². The minimum atomic E-state index is -0.743. The monoisotopic (exact) mass is 736 g/mol. The Bertz CT molecular complexity index is 1860. The summed E-state index contributed by atoms with van der Waals surface area (Å²) in [6, 6.07) is 30.4. The standard InChI is InChI=1S/C38H41N7O4.C2H7NS/c1-28(42-37(46)22-29-23-40-36-9-3-2-8-35(29)36)38(47)43-31(24-39-26-49-34-16-14-33(15-17-34)45-20-6-7-21-45)25-48-27-41-30-10-12-32(13-11-30)44-18-4-5-19-44;1-3-2-4/h2-21,23,28,31,39-41H,22,24-27H2,1H3,(H,42,46)(H,43,47);3-4H,2H2,1H3/t28-,31?;/m1./s1. The lowest BCUT2D eigenvalue weighted by atomic mass is 10.1. The third-order valence-electron chi connectivity index (χ3n) is 8.24. The summed E-state index contributed by atoms with van der Waals surface area (Å²) < 4.78 is 15.9. The molecule has 0 fully saturated rings. The van der Waals surface area contributed by atoms with E-state index < -0.39 is 12.1 Å². The Hall–Kier alpha value is -5.47. The van der Waals surface area contributed by atoms with Gasteiger partial charge in [-0.05, 0) is 98.4 Å². The second-order valence-corrected chi connectivity index (χ2v) is 12.5. The Morgan fingerprint density at radius 1 is 0.811 bits per heavy atom. The molecule has 53 heavy (non-hydrogen) atoms. The SMILES string of the molecule is CNCS.C[C@@H](NC(=O)Cc1c[nH]c2ccccc12)C(=O)NC(CNCOc1ccc(-n2cccc2)cc1)COCNc1ccc(-n2cccc2)cc1. The zero-order chi connectivity index (χ0) is 37.3. The molecule has 2 atom stereocenters. The van der Waals surface area contributed by atoms with Crippen LogP contribution in [0, 0.1) is 0 Å². The van der Waals surface area contributed by atoms with Crippen molar-refractivity contribution in [1.29, 1.82) is 0 Å². The van der Waals surface area contributed by atoms with E-state index in [-0.39, 0.29) is 38.3 Å². The van der Waals surface area contributed by atoms with Crippen molar-refractivity contribution in [2.45, 2.75) is 25.4 Å². The molecule has 0 aliphatic carbocycles. The summed E-state index contributed by atoms with van der Waals surface area (Å²) >= 11 is 3.81. The number of nitrogens with one attached hydrogen (secondary N) is 6. The van der Waals surface area contributed by atoms with Crippen molar-refractivity contribution in [3.8, 4) is 17.1 Å². The van der Waals surface area contributed by atoms with E-state index in [1.165, 1.54) is 0 Å². The van der Waals surface area contributed by atoms with Crippen molar-refractivity contribution in [2.24, 2.45) is 0 Å². The number of hydrogen-bond acceptors (Lipinski definition) is 8. The molecule has 6 N–H and O–H groups in total. The first kappa shape index (κ1) is 38.8. The number of nitrogens with zero attached hydrogens (tertiary/aromatic N) is 2. The van der Waals surface area contributed by atoms with Gasteiger partial charge in [0, 0.05) is 71.4 Å². The molecule has 1 unspecified atom stereocenters. The van der Waals surface area contributed by atoms with Crippen molar-refractivity contribution >= 4 is 41.0 Å². The first-order valence-corrected chi connectivity index (χ1v) is 18.1. The second kappa shape index (κ2) is 20.5. The molecule has 0 aliphatic rings. The van der Waals surface area contributed by atoms with Crippen LogP contribution in [0.25, 0.3) is 22.3 Å². The smallest absolute Gasteiger partial charge is 0.242 e. The number of anilines is 1. The minimum Gasteiger partial charge on any atom is -0.478 e. The van der Waals surface area contributed by atoms with Crippen LogP contribution in [-0.4, -0.2) is 77.6 Å². The van der Waals surface area contributed by atoms with Crippen molar-refractivity contribution in [3.05, 3.63) is 134 Å². The average Bonchev–Trinajstić information content (AvgIpc) is 4.00. The van der Waals surface area contributed by atoms with Gasteiger partial charge in [-0.1, -0.05) is 18.2 Å². The highest BCUT2D eigenvalue weighted by molar-refractivity contribution is 7.80. The van der Waals surface area contributed by atoms with Crippen molar-refractivity contribution < 1.29 is 19.1 Å². The lowest BCUT2D eigenvalue weighted by Gasteiger charge is -2.22. The third kappa shape index (κ3) is 12.0. The summed E-state index contributed by atoms with van der Waals surface area (Å²) in [7, 11) is 1.85. The lowest BCUT2D eigenvalue weighted by Crippen LogP contribution is -2.52. The molecule has 0 radical (unpaired) electrons. The Labute approximate surface area is 315 Å². The molecule has 6 aromatic rings. The van der Waals surface area contributed by atoms with Crippen LogP contribution in [0.4, 0.5) is 5.69 Å². The Morgan fingerprint density at radius 2 is 1.43 bits per heavy atom. The molecule has 0 aliphatic heterocycles. The topological polar surface area (TPSA) is 138 Å². The second-order valence-electron chi connectivity index (χ2n) is 12.2. The average molecular weight is 737 g/mol. The predicted octanol–water partition coefficient (Wildman–Crippen LogP) is 5.09. The van der Waals surface area contributed by atoms with Gasteiger partial charge in [0.1, 0.15) is 25.3 Å². The van der Waals surface area contributed by atoms with Crippen LogP contribution < -0.4 is 31.3 Å². The number of ether oxygens (including phenoxy) is 2. The molecule has 3 heterocycles. The number of hydrogen-bond donors (Lipinski definition) is 7. The summed E-state index contributed by atoms with van der Waals surface area (Å²) in [6.45, 7) is 2.77. The zero-order valence-electron chi connectivity index (χ0n) is 30.0. The molecule has 13 heteroatoms. The van der Waals surface area contributed by atoms with Crippen LogP contribution in [0.5, 0.6) is 5.75 Å². The third-order valence-corrected chi connectivity index (χ3v) is 8.56. The van der Waals surface area contributed by atoms with Gasteiger partial charge in [0.15, 0.2) is 0 Å². The number of carbonyl (C=O) groups excluding carboxylic acids is 2. The molecule has 278 valence electrons. The highest BCUT2D eigenvalue weighted by Gasteiger charge is 2.20. The molecular formula is C40H48N8O4S. The summed E-state index contributed by atoms with van der Waals surface area (Å²) in [5, 5.41) is 16.1. The summed E-state index contributed by atoms with van der Waals surface area (Å²) in [5.74, 6) is 0.943. The number of amides is 2. The molecule has 0 bridgehead atoms. The zero-order valence-corrected chi connectivity index (χ0v) is 30.9. The summed E-state index contributed by atoms with van der Waals surface area (Å²) in [4.78, 5) is 29.2. The Kier molecular flexibility index (Phi) is 15.0. The van der Waals surface area contributed by atoms with Gasteiger partial charge in [-0.25, -0.2) is 0 Å². The fraction of sp³-hybridized carbons (Fsp3) is 0.250. The van der Waals surface area contributed by atoms with Gasteiger partial charge >= 0.3 is 0 Å². The highest BCUT2D eigenvalue weighted by atomic mass is 32.1. The summed E-state index contributed by atoms with van der Waals surface area (Å²) in [5.41, 5.74) is 4.86. The molecular weight excluding hydrogens is 689 g/mol. The maximum Gasteiger partial charge on any atom is 0.242 e. The number of thiol groups is 1. The van der Waals surface area contributed by atoms with E-state index in [0.717, 1.165) is 45.2 Å². The molecule has 0 spiro atoms. The van der Waals surface area contributed by atoms with Gasteiger partial charge in [0.2, 0.25) is 11.8 Å². The maximum absolute atomic E-state index is 13.2. The molecule has 6 rings (SSSR count). The first-order chi connectivity index (χ1) is 25.9. The van der Waals surface area contributed by atoms with Gasteiger partial charge < -0.3 is 44.9 Å². The van der Waals surface area contributed by atoms with Gasteiger partial charge in [-0.15, -0.1) is 0 Å². The predicted molar refractivity (Wildman–Crippen MR) is 214 cm³/mol. The number of para-hydroxylation sites is 1. The van der Waals surface area contributed by atoms with Gasteiger partial charge in [-0.2, -0.15) is 12.6 Å². The van der Waals surface area contributed by atoms with E-state index >= 15 is 0 Å². The van der Waals surface area contributed by atoms with E-state index in [1.807, 2.05) is 144 Å². The molecule has 3 aromatic heterocycles. The molecule has 0 saturated heterocycles. The maximum atomic E-state index is 13.2. The Morgan fingerprint density at radius 3 is 2.08 bits per heavy atom. The van der Waals surface area contributed by atoms with E-state index in [4.69, 9.17) is 9.47 Å². The van der Waals surface area contributed by atoms with Crippen molar-refractivity contribution in [1.82, 2.24) is 35.4 Å². The number of fused-ring (bicyclic) bond motifs is 1. The van der Waals surface area contributed by atoms with Crippen LogP contribution >= 0.6 is 12.6 Å². The van der Waals surface area contributed by atoms with Crippen LogP contribution in [0.3, 0.4) is 0 Å². The molecule has 2 amide bonds. The van der Waals surface area contributed by atoms with E-state index in [0.29, 0.717) is 6.54 Å². The van der Waals surface area contributed by atoms with E-state index in [1.54, 1.807) is 6.92 Å². The fourth-order valence-electron chi connectivity index (χ4n) is 5.47. The molecule has 12 nitrogen and oxygen atoms in total. The van der Waals surface area contributed by atoms with Crippen LogP contribution in [0.15, 0.2) is 128 Å². The van der Waals surface area contributed by atoms with Crippen molar-refractivity contribution in [2.75, 3.05) is 44.9 Å². The number of aromatic amines is 1. The fourth-order valence-corrected chi connectivity index (χ4v) is 5.47. The highest BCUT2D eigenvalue weighted by Crippen LogP contribution is 2.18. The number of aromatic nitrogens is 3. The molecule has 3 aromatic carbocycles. The normalized spacial score (nSPS) is 12.0. The first-order valence-electron chi connectivity index (χ1n) is 17.5. The van der Waals surface area contributed by atoms with Crippen LogP contribution in [0.2, 0.25) is 0 Å². The van der Waals surface area contributed by atoms with E-state index in [9.17, 15) is 9.59 Å².